The molecule has 0 aliphatic heterocycles. The summed E-state index contributed by atoms with van der Waals surface area (Å²) >= 11 is 1.41. The molecule has 0 bridgehead atoms. The molecule has 0 saturated carbocycles. The Morgan fingerprint density at radius 3 is 2.65 bits per heavy atom. The third kappa shape index (κ3) is 4.80. The molecule has 0 aromatic heterocycles. The Morgan fingerprint density at radius 2 is 2.10 bits per heavy atom. The van der Waals surface area contributed by atoms with E-state index in [1.54, 1.807) is 18.2 Å². The Morgan fingerprint density at radius 1 is 1.45 bits per heavy atom. The summed E-state index contributed by atoms with van der Waals surface area (Å²) in [7, 11) is 1.38. The molecule has 1 atom stereocenters. The lowest BCUT2D eigenvalue weighted by Gasteiger charge is -2.30. The minimum Gasteiger partial charge on any atom is -0.468 e. The molecule has 0 aliphatic carbocycles. The van der Waals surface area contributed by atoms with Gasteiger partial charge in [0.2, 0.25) is 0 Å². The Balaban J connectivity index is 2.63. The lowest BCUT2D eigenvalue weighted by atomic mass is 9.98. The third-order valence-corrected chi connectivity index (χ3v) is 3.99. The van der Waals surface area contributed by atoms with Crippen molar-refractivity contribution in [1.82, 2.24) is 5.32 Å². The number of nitrogens with one attached hydrogen (secondary N) is 1. The van der Waals surface area contributed by atoms with E-state index in [9.17, 15) is 9.18 Å². The molecule has 1 aromatic rings. The number of carbonyl (C=O) groups is 1. The highest BCUT2D eigenvalue weighted by atomic mass is 32.2. The van der Waals surface area contributed by atoms with E-state index in [1.165, 1.54) is 24.9 Å². The highest BCUT2D eigenvalue weighted by molar-refractivity contribution is 7.99. The van der Waals surface area contributed by atoms with E-state index in [0.29, 0.717) is 17.1 Å². The van der Waals surface area contributed by atoms with E-state index in [2.05, 4.69) is 5.32 Å². The predicted molar refractivity (Wildman–Crippen MR) is 80.4 cm³/mol. The summed E-state index contributed by atoms with van der Waals surface area (Å²) in [6.45, 7) is 5.77. The second-order valence-corrected chi connectivity index (χ2v) is 6.29. The number of carbonyl (C=O) groups excluding carboxylic acids is 1. The summed E-state index contributed by atoms with van der Waals surface area (Å²) in [5.41, 5.74) is -0.749. The molecule has 20 heavy (non-hydrogen) atoms. The monoisotopic (exact) mass is 299 g/mol. The fourth-order valence-corrected chi connectivity index (χ4v) is 3.13. The Bertz CT molecular complexity index is 453. The Labute approximate surface area is 124 Å². The second-order valence-electron chi connectivity index (χ2n) is 5.15. The first-order chi connectivity index (χ1) is 9.39. The number of esters is 1. The fraction of sp³-hybridized carbons (Fsp3) is 0.533. The third-order valence-electron chi connectivity index (χ3n) is 2.94. The molecule has 0 spiro atoms. The van der Waals surface area contributed by atoms with Crippen LogP contribution in [0.1, 0.15) is 27.2 Å². The first-order valence-electron chi connectivity index (χ1n) is 6.62. The maximum atomic E-state index is 13.5. The number of rotatable bonds is 7. The molecule has 1 unspecified atom stereocenters. The highest BCUT2D eigenvalue weighted by Crippen LogP contribution is 2.25. The maximum Gasteiger partial charge on any atom is 0.325 e. The zero-order valence-corrected chi connectivity index (χ0v) is 13.2. The zero-order valence-electron chi connectivity index (χ0n) is 12.4. The smallest absolute Gasteiger partial charge is 0.325 e. The molecule has 0 radical (unpaired) electrons. The van der Waals surface area contributed by atoms with Gasteiger partial charge >= 0.3 is 5.97 Å². The van der Waals surface area contributed by atoms with E-state index in [4.69, 9.17) is 4.74 Å². The first-order valence-corrected chi connectivity index (χ1v) is 7.61. The lowest BCUT2D eigenvalue weighted by molar-refractivity contribution is -0.148. The quantitative estimate of drug-likeness (QED) is 0.619. The van der Waals surface area contributed by atoms with Gasteiger partial charge < -0.3 is 4.74 Å². The predicted octanol–water partition coefficient (Wildman–Crippen LogP) is 3.24. The molecular formula is C15H22FNO2S. The van der Waals surface area contributed by atoms with Crippen molar-refractivity contribution in [3.63, 3.8) is 0 Å². The van der Waals surface area contributed by atoms with E-state index in [-0.39, 0.29) is 17.8 Å². The van der Waals surface area contributed by atoms with E-state index < -0.39 is 5.54 Å². The van der Waals surface area contributed by atoms with Gasteiger partial charge in [0.25, 0.3) is 0 Å². The minimum absolute atomic E-state index is 0.164. The number of thioether (sulfide) groups is 1. The number of hydrogen-bond donors (Lipinski definition) is 1. The molecule has 0 fully saturated rings. The maximum absolute atomic E-state index is 13.5. The zero-order chi connectivity index (χ0) is 15.2. The summed E-state index contributed by atoms with van der Waals surface area (Å²) in [5.74, 6) is 0.112. The van der Waals surface area contributed by atoms with Crippen LogP contribution in [0, 0.1) is 5.82 Å². The lowest BCUT2D eigenvalue weighted by Crippen LogP contribution is -2.53. The fourth-order valence-electron chi connectivity index (χ4n) is 2.02. The molecule has 0 heterocycles. The van der Waals surface area contributed by atoms with Gasteiger partial charge in [-0.15, -0.1) is 11.8 Å². The van der Waals surface area contributed by atoms with E-state index in [0.717, 1.165) is 0 Å². The first kappa shape index (κ1) is 17.0. The van der Waals surface area contributed by atoms with Crippen LogP contribution in [0.2, 0.25) is 0 Å². The molecule has 5 heteroatoms. The normalized spacial score (nSPS) is 14.1. The topological polar surface area (TPSA) is 38.3 Å². The standard InChI is InChI=1S/C15H22FNO2S/c1-11(2)17-15(3,14(18)19-4)9-10-20-13-8-6-5-7-12(13)16/h5-8,11,17H,9-10H2,1-4H3. The summed E-state index contributed by atoms with van der Waals surface area (Å²) in [6.07, 6.45) is 0.566. The van der Waals surface area contributed by atoms with Gasteiger partial charge in [0.15, 0.2) is 0 Å². The van der Waals surface area contributed by atoms with Gasteiger partial charge in [0.05, 0.1) is 7.11 Å². The van der Waals surface area contributed by atoms with Crippen molar-refractivity contribution in [2.45, 2.75) is 43.7 Å². The molecule has 0 amide bonds. The second kappa shape index (κ2) is 7.64. The number of ether oxygens (including phenoxy) is 1. The van der Waals surface area contributed by atoms with Crippen molar-refractivity contribution in [2.75, 3.05) is 12.9 Å². The van der Waals surface area contributed by atoms with Gasteiger partial charge in [0, 0.05) is 16.7 Å². The molecular weight excluding hydrogens is 277 g/mol. The van der Waals surface area contributed by atoms with Crippen LogP contribution in [-0.2, 0) is 9.53 Å². The number of methoxy groups -OCH3 is 1. The van der Waals surface area contributed by atoms with Crippen molar-refractivity contribution < 1.29 is 13.9 Å². The van der Waals surface area contributed by atoms with Crippen molar-refractivity contribution in [3.05, 3.63) is 30.1 Å². The van der Waals surface area contributed by atoms with Gasteiger partial charge in [-0.2, -0.15) is 0 Å². The average molecular weight is 299 g/mol. The van der Waals surface area contributed by atoms with Crippen molar-refractivity contribution in [2.24, 2.45) is 0 Å². The number of benzene rings is 1. The molecule has 1 rings (SSSR count). The Kier molecular flexibility index (Phi) is 6.49. The van der Waals surface area contributed by atoms with Crippen LogP contribution in [0.4, 0.5) is 4.39 Å². The number of hydrogen-bond acceptors (Lipinski definition) is 4. The van der Waals surface area contributed by atoms with Crippen LogP contribution in [0.3, 0.4) is 0 Å². The van der Waals surface area contributed by atoms with Gasteiger partial charge in [-0.25, -0.2) is 4.39 Å². The van der Waals surface area contributed by atoms with Gasteiger partial charge in [-0.1, -0.05) is 12.1 Å². The summed E-state index contributed by atoms with van der Waals surface area (Å²) in [6, 6.07) is 6.81. The summed E-state index contributed by atoms with van der Waals surface area (Å²) < 4.78 is 18.4. The van der Waals surface area contributed by atoms with Crippen LogP contribution >= 0.6 is 11.8 Å². The molecule has 1 aromatic carbocycles. The largest absolute Gasteiger partial charge is 0.468 e. The van der Waals surface area contributed by atoms with Crippen LogP contribution in [-0.4, -0.2) is 30.4 Å². The molecule has 0 saturated heterocycles. The van der Waals surface area contributed by atoms with Crippen LogP contribution < -0.4 is 5.32 Å². The molecule has 1 N–H and O–H groups in total. The SMILES string of the molecule is COC(=O)C(C)(CCSc1ccccc1F)NC(C)C. The van der Waals surface area contributed by atoms with Crippen molar-refractivity contribution in [3.8, 4) is 0 Å². The number of halogens is 1. The van der Waals surface area contributed by atoms with Gasteiger partial charge in [0.1, 0.15) is 11.4 Å². The van der Waals surface area contributed by atoms with E-state index >= 15 is 0 Å². The van der Waals surface area contributed by atoms with Crippen molar-refractivity contribution in [1.29, 1.82) is 0 Å². The molecule has 0 aliphatic rings. The van der Waals surface area contributed by atoms with Gasteiger partial charge in [-0.05, 0) is 39.3 Å². The van der Waals surface area contributed by atoms with Crippen LogP contribution in [0.25, 0.3) is 0 Å². The summed E-state index contributed by atoms with van der Waals surface area (Å²) in [4.78, 5) is 12.5. The van der Waals surface area contributed by atoms with Gasteiger partial charge in [-0.3, -0.25) is 10.1 Å². The minimum atomic E-state index is -0.749. The average Bonchev–Trinajstić information content (AvgIpc) is 2.39. The molecule has 3 nitrogen and oxygen atoms in total. The summed E-state index contributed by atoms with van der Waals surface area (Å²) in [5, 5.41) is 3.23. The van der Waals surface area contributed by atoms with E-state index in [1.807, 2.05) is 20.8 Å². The van der Waals surface area contributed by atoms with Crippen molar-refractivity contribution >= 4 is 17.7 Å². The highest BCUT2D eigenvalue weighted by Gasteiger charge is 2.34. The van der Waals surface area contributed by atoms with Crippen LogP contribution in [0.15, 0.2) is 29.2 Å². The Hall–Kier alpha value is -1.07. The van der Waals surface area contributed by atoms with Crippen LogP contribution in [0.5, 0.6) is 0 Å². The molecule has 112 valence electrons.